The molecule has 2 N–H and O–H groups in total. The van der Waals surface area contributed by atoms with Crippen LogP contribution in [0, 0.1) is 0 Å². The van der Waals surface area contributed by atoms with E-state index in [0.717, 1.165) is 0 Å². The third kappa shape index (κ3) is 3.95. The highest BCUT2D eigenvalue weighted by molar-refractivity contribution is 7.12. The smallest absolute Gasteiger partial charge is 0.265 e. The molecule has 0 bridgehead atoms. The lowest BCUT2D eigenvalue weighted by atomic mass is 10.2. The van der Waals surface area contributed by atoms with E-state index in [0.29, 0.717) is 27.0 Å². The number of hydrogen-bond donors (Lipinski definition) is 2. The van der Waals surface area contributed by atoms with E-state index in [9.17, 15) is 9.59 Å². The molecule has 0 atom stereocenters. The normalized spacial score (nSPS) is 10.8. The van der Waals surface area contributed by atoms with Gasteiger partial charge in [-0.2, -0.15) is 5.10 Å². The zero-order chi connectivity index (χ0) is 18.7. The average Bonchev–Trinajstić information content (AvgIpc) is 3.28. The molecule has 1 aromatic carbocycles. The van der Waals surface area contributed by atoms with Gasteiger partial charge in [-0.3, -0.25) is 9.59 Å². The maximum atomic E-state index is 12.6. The van der Waals surface area contributed by atoms with Crippen molar-refractivity contribution < 1.29 is 9.59 Å². The fourth-order valence-corrected chi connectivity index (χ4v) is 3.15. The molecule has 0 aliphatic heterocycles. The van der Waals surface area contributed by atoms with E-state index in [1.165, 1.54) is 11.3 Å². The zero-order valence-corrected chi connectivity index (χ0v) is 15.8. The van der Waals surface area contributed by atoms with Gasteiger partial charge in [-0.1, -0.05) is 17.7 Å². The van der Waals surface area contributed by atoms with Crippen molar-refractivity contribution in [2.24, 2.45) is 0 Å². The summed E-state index contributed by atoms with van der Waals surface area (Å²) >= 11 is 7.49. The molecule has 0 saturated heterocycles. The largest absolute Gasteiger partial charge is 0.320 e. The van der Waals surface area contributed by atoms with Gasteiger partial charge in [-0.05, 0) is 43.5 Å². The highest BCUT2D eigenvalue weighted by Gasteiger charge is 2.15. The number of nitrogens with one attached hydrogen (secondary N) is 2. The Hall–Kier alpha value is -2.64. The number of amides is 2. The fraction of sp³-hybridized carbons (Fsp3) is 0.167. The summed E-state index contributed by atoms with van der Waals surface area (Å²) in [5.74, 6) is 0.0251. The summed E-state index contributed by atoms with van der Waals surface area (Å²) < 4.78 is 1.72. The molecule has 0 unspecified atom stereocenters. The van der Waals surface area contributed by atoms with Crippen LogP contribution in [0.1, 0.15) is 39.9 Å². The summed E-state index contributed by atoms with van der Waals surface area (Å²) in [7, 11) is 0. The molecule has 2 heterocycles. The van der Waals surface area contributed by atoms with Gasteiger partial charge >= 0.3 is 0 Å². The van der Waals surface area contributed by atoms with Gasteiger partial charge in [0, 0.05) is 17.7 Å². The first-order chi connectivity index (χ1) is 12.5. The lowest BCUT2D eigenvalue weighted by molar-refractivity contribution is 0.101. The van der Waals surface area contributed by atoms with Crippen molar-refractivity contribution >= 4 is 46.3 Å². The number of benzene rings is 1. The number of anilines is 2. The Morgan fingerprint density at radius 1 is 1.15 bits per heavy atom. The molecule has 0 saturated carbocycles. The molecular formula is C18H17ClN4O2S. The van der Waals surface area contributed by atoms with Gasteiger partial charge in [-0.25, -0.2) is 4.68 Å². The topological polar surface area (TPSA) is 76.0 Å². The van der Waals surface area contributed by atoms with Crippen molar-refractivity contribution in [3.63, 3.8) is 0 Å². The van der Waals surface area contributed by atoms with E-state index in [1.807, 2.05) is 19.2 Å². The molecule has 0 radical (unpaired) electrons. The zero-order valence-electron chi connectivity index (χ0n) is 14.2. The molecule has 8 heteroatoms. The van der Waals surface area contributed by atoms with Crippen molar-refractivity contribution in [3.05, 3.63) is 63.4 Å². The molecule has 6 nitrogen and oxygen atoms in total. The van der Waals surface area contributed by atoms with Crippen LogP contribution in [0.2, 0.25) is 5.02 Å². The lowest BCUT2D eigenvalue weighted by Gasteiger charge is -2.13. The Balaban J connectivity index is 1.79. The number of halogens is 1. The first-order valence-corrected chi connectivity index (χ1v) is 9.20. The molecule has 26 heavy (non-hydrogen) atoms. The Kier molecular flexibility index (Phi) is 5.39. The molecule has 0 aliphatic carbocycles. The molecule has 0 fully saturated rings. The van der Waals surface area contributed by atoms with Crippen LogP contribution in [0.25, 0.3) is 0 Å². The van der Waals surface area contributed by atoms with Crippen LogP contribution >= 0.6 is 22.9 Å². The third-order valence-electron chi connectivity index (χ3n) is 3.62. The molecule has 0 spiro atoms. The first-order valence-electron chi connectivity index (χ1n) is 7.95. The number of rotatable bonds is 5. The predicted molar refractivity (Wildman–Crippen MR) is 104 cm³/mol. The molecule has 2 aromatic heterocycles. The number of nitrogens with zero attached hydrogens (tertiary/aromatic N) is 2. The van der Waals surface area contributed by atoms with Gasteiger partial charge in [0.25, 0.3) is 11.8 Å². The average molecular weight is 389 g/mol. The minimum atomic E-state index is -0.310. The van der Waals surface area contributed by atoms with E-state index >= 15 is 0 Å². The van der Waals surface area contributed by atoms with Crippen LogP contribution in [-0.4, -0.2) is 21.6 Å². The molecule has 134 valence electrons. The fourth-order valence-electron chi connectivity index (χ4n) is 2.37. The Bertz CT molecular complexity index is 935. The Morgan fingerprint density at radius 2 is 1.96 bits per heavy atom. The summed E-state index contributed by atoms with van der Waals surface area (Å²) in [5, 5.41) is 11.9. The molecule has 0 aliphatic rings. The van der Waals surface area contributed by atoms with Crippen LogP contribution in [0.3, 0.4) is 0 Å². The van der Waals surface area contributed by atoms with Crippen LogP contribution in [-0.2, 0) is 0 Å². The summed E-state index contributed by atoms with van der Waals surface area (Å²) in [6, 6.07) is 10.1. The van der Waals surface area contributed by atoms with Gasteiger partial charge in [-0.15, -0.1) is 11.3 Å². The molecule has 2 amide bonds. The van der Waals surface area contributed by atoms with Crippen molar-refractivity contribution in [1.82, 2.24) is 9.78 Å². The van der Waals surface area contributed by atoms with Crippen molar-refractivity contribution in [1.29, 1.82) is 0 Å². The maximum Gasteiger partial charge on any atom is 0.265 e. The SMILES string of the molecule is CC(C)n1nccc1NC(=O)c1ccc(Cl)c(NC(=O)c2cccs2)c1. The van der Waals surface area contributed by atoms with Crippen LogP contribution < -0.4 is 10.6 Å². The van der Waals surface area contributed by atoms with E-state index in [2.05, 4.69) is 15.7 Å². The summed E-state index contributed by atoms with van der Waals surface area (Å²) in [4.78, 5) is 25.3. The highest BCUT2D eigenvalue weighted by atomic mass is 35.5. The van der Waals surface area contributed by atoms with Crippen LogP contribution in [0.5, 0.6) is 0 Å². The minimum absolute atomic E-state index is 0.117. The van der Waals surface area contributed by atoms with E-state index in [4.69, 9.17) is 11.6 Å². The summed E-state index contributed by atoms with van der Waals surface area (Å²) in [6.07, 6.45) is 1.63. The Labute approximate surface area is 159 Å². The van der Waals surface area contributed by atoms with E-state index in [1.54, 1.807) is 47.3 Å². The minimum Gasteiger partial charge on any atom is -0.320 e. The lowest BCUT2D eigenvalue weighted by Crippen LogP contribution is -2.17. The molecule has 3 rings (SSSR count). The summed E-state index contributed by atoms with van der Waals surface area (Å²) in [6.45, 7) is 3.95. The van der Waals surface area contributed by atoms with E-state index in [-0.39, 0.29) is 17.9 Å². The van der Waals surface area contributed by atoms with Crippen molar-refractivity contribution in [2.45, 2.75) is 19.9 Å². The number of hydrogen-bond acceptors (Lipinski definition) is 4. The predicted octanol–water partition coefficient (Wildman–Crippen LogP) is 4.68. The van der Waals surface area contributed by atoms with Gasteiger partial charge in [0.1, 0.15) is 5.82 Å². The van der Waals surface area contributed by atoms with Gasteiger partial charge < -0.3 is 10.6 Å². The highest BCUT2D eigenvalue weighted by Crippen LogP contribution is 2.25. The van der Waals surface area contributed by atoms with E-state index < -0.39 is 0 Å². The van der Waals surface area contributed by atoms with Crippen molar-refractivity contribution in [2.75, 3.05) is 10.6 Å². The number of carbonyl (C=O) groups is 2. The standard InChI is InChI=1S/C18H17ClN4O2S/c1-11(2)23-16(7-8-20-23)22-17(24)12-5-6-13(19)14(10-12)21-18(25)15-4-3-9-26-15/h3-11H,1-2H3,(H,21,25)(H,22,24). The van der Waals surface area contributed by atoms with Gasteiger partial charge in [0.05, 0.1) is 21.8 Å². The van der Waals surface area contributed by atoms with Crippen LogP contribution in [0.4, 0.5) is 11.5 Å². The maximum absolute atomic E-state index is 12.6. The number of thiophene rings is 1. The van der Waals surface area contributed by atoms with Gasteiger partial charge in [0.15, 0.2) is 0 Å². The van der Waals surface area contributed by atoms with Gasteiger partial charge in [0.2, 0.25) is 0 Å². The second-order valence-corrected chi connectivity index (χ2v) is 7.19. The number of aromatic nitrogens is 2. The third-order valence-corrected chi connectivity index (χ3v) is 4.82. The second-order valence-electron chi connectivity index (χ2n) is 5.83. The van der Waals surface area contributed by atoms with Crippen LogP contribution in [0.15, 0.2) is 48.0 Å². The first kappa shape index (κ1) is 18.2. The monoisotopic (exact) mass is 388 g/mol. The van der Waals surface area contributed by atoms with Crippen molar-refractivity contribution in [3.8, 4) is 0 Å². The molecular weight excluding hydrogens is 372 g/mol. The molecule has 3 aromatic rings. The Morgan fingerprint density at radius 3 is 2.65 bits per heavy atom. The number of carbonyl (C=O) groups excluding carboxylic acids is 2. The summed E-state index contributed by atoms with van der Waals surface area (Å²) in [5.41, 5.74) is 0.766. The second kappa shape index (κ2) is 7.72. The quantitative estimate of drug-likeness (QED) is 0.666.